The van der Waals surface area contributed by atoms with E-state index in [1.807, 2.05) is 27.7 Å². The van der Waals surface area contributed by atoms with Crippen LogP contribution in [0, 0.1) is 0 Å². The van der Waals surface area contributed by atoms with E-state index in [4.69, 9.17) is 0 Å². The SMILES string of the molecule is CCCC[C@@H](I)[C@@](C)(O)C(=O)N(C(C)C)C(C)C. The second-order valence-corrected chi connectivity index (χ2v) is 7.16. The Bertz CT molecular complexity index is 257. The number of alkyl halides is 1. The summed E-state index contributed by atoms with van der Waals surface area (Å²) in [4.78, 5) is 14.3. The number of hydrogen-bond acceptors (Lipinski definition) is 2. The number of carbonyl (C=O) groups is 1. The van der Waals surface area contributed by atoms with Gasteiger partial charge in [0.2, 0.25) is 0 Å². The van der Waals surface area contributed by atoms with Crippen molar-refractivity contribution in [1.29, 1.82) is 0 Å². The number of aliphatic hydroxyl groups is 1. The van der Waals surface area contributed by atoms with E-state index in [2.05, 4.69) is 29.5 Å². The fourth-order valence-electron chi connectivity index (χ4n) is 2.13. The molecule has 0 aromatic rings. The summed E-state index contributed by atoms with van der Waals surface area (Å²) >= 11 is 2.21. The van der Waals surface area contributed by atoms with Crippen LogP contribution in [0.4, 0.5) is 0 Å². The van der Waals surface area contributed by atoms with Gasteiger partial charge in [-0.25, -0.2) is 0 Å². The number of unbranched alkanes of at least 4 members (excludes halogenated alkanes) is 1. The first-order valence-electron chi connectivity index (χ1n) is 6.85. The Labute approximate surface area is 125 Å². The Hall–Kier alpha value is 0.160. The Balaban J connectivity index is 4.91. The van der Waals surface area contributed by atoms with Crippen LogP contribution < -0.4 is 0 Å². The molecule has 0 aromatic heterocycles. The Morgan fingerprint density at radius 3 is 2.06 bits per heavy atom. The lowest BCUT2D eigenvalue weighted by Gasteiger charge is -2.38. The number of rotatable bonds is 7. The molecule has 108 valence electrons. The maximum atomic E-state index is 12.5. The van der Waals surface area contributed by atoms with E-state index < -0.39 is 5.60 Å². The third-order valence-electron chi connectivity index (χ3n) is 3.20. The fourth-order valence-corrected chi connectivity index (χ4v) is 2.83. The van der Waals surface area contributed by atoms with Crippen LogP contribution in [0.1, 0.15) is 60.8 Å². The van der Waals surface area contributed by atoms with Gasteiger partial charge < -0.3 is 10.0 Å². The largest absolute Gasteiger partial charge is 0.379 e. The van der Waals surface area contributed by atoms with Crippen LogP contribution in [0.3, 0.4) is 0 Å². The number of carbonyl (C=O) groups excluding carboxylic acids is 1. The number of halogens is 1. The molecule has 4 heteroatoms. The molecule has 1 N–H and O–H groups in total. The molecule has 0 unspecified atom stereocenters. The van der Waals surface area contributed by atoms with Gasteiger partial charge in [0.15, 0.2) is 5.60 Å². The lowest BCUT2D eigenvalue weighted by molar-refractivity contribution is -0.153. The molecule has 0 aliphatic rings. The molecule has 0 saturated carbocycles. The third kappa shape index (κ3) is 4.68. The van der Waals surface area contributed by atoms with Crippen molar-refractivity contribution in [2.24, 2.45) is 0 Å². The second kappa shape index (κ2) is 7.68. The van der Waals surface area contributed by atoms with Crippen LogP contribution in [0.25, 0.3) is 0 Å². The Morgan fingerprint density at radius 2 is 1.72 bits per heavy atom. The van der Waals surface area contributed by atoms with Gasteiger partial charge in [-0.2, -0.15) is 0 Å². The highest BCUT2D eigenvalue weighted by atomic mass is 127. The van der Waals surface area contributed by atoms with Crippen LogP contribution in [0.15, 0.2) is 0 Å². The van der Waals surface area contributed by atoms with Crippen molar-refractivity contribution in [2.45, 2.75) is 82.4 Å². The molecule has 1 amide bonds. The lowest BCUT2D eigenvalue weighted by atomic mass is 9.95. The standard InChI is InChI=1S/C14H28INO2/c1-7-8-9-12(15)14(6,18)13(17)16(10(2)3)11(4)5/h10-12,18H,7-9H2,1-6H3/t12-,14-/m1/s1. The normalized spacial score (nSPS) is 16.8. The molecule has 0 aromatic carbocycles. The van der Waals surface area contributed by atoms with E-state index in [1.165, 1.54) is 0 Å². The first kappa shape index (κ1) is 18.2. The highest BCUT2D eigenvalue weighted by molar-refractivity contribution is 14.1. The van der Waals surface area contributed by atoms with Crippen molar-refractivity contribution in [1.82, 2.24) is 4.90 Å². The van der Waals surface area contributed by atoms with E-state index in [9.17, 15) is 9.90 Å². The molecule has 0 aliphatic heterocycles. The van der Waals surface area contributed by atoms with Crippen molar-refractivity contribution in [2.75, 3.05) is 0 Å². The summed E-state index contributed by atoms with van der Waals surface area (Å²) in [5, 5.41) is 10.5. The van der Waals surface area contributed by atoms with Crippen molar-refractivity contribution < 1.29 is 9.90 Å². The minimum absolute atomic E-state index is 0.0393. The van der Waals surface area contributed by atoms with Gasteiger partial charge in [0.1, 0.15) is 0 Å². The molecule has 0 radical (unpaired) electrons. The molecule has 0 fully saturated rings. The monoisotopic (exact) mass is 369 g/mol. The number of amides is 1. The van der Waals surface area contributed by atoms with Gasteiger partial charge in [-0.15, -0.1) is 0 Å². The zero-order valence-electron chi connectivity index (χ0n) is 12.5. The van der Waals surface area contributed by atoms with Crippen LogP contribution in [0.2, 0.25) is 0 Å². The third-order valence-corrected chi connectivity index (χ3v) is 5.04. The molecule has 0 saturated heterocycles. The van der Waals surface area contributed by atoms with Gasteiger partial charge in [-0.05, 0) is 41.0 Å². The van der Waals surface area contributed by atoms with Crippen molar-refractivity contribution in [3.05, 3.63) is 0 Å². The average molecular weight is 369 g/mol. The molecular weight excluding hydrogens is 341 g/mol. The van der Waals surface area contributed by atoms with E-state index >= 15 is 0 Å². The topological polar surface area (TPSA) is 40.5 Å². The van der Waals surface area contributed by atoms with Gasteiger partial charge in [-0.3, -0.25) is 4.79 Å². The summed E-state index contributed by atoms with van der Waals surface area (Å²) in [6, 6.07) is 0.220. The van der Waals surface area contributed by atoms with E-state index in [1.54, 1.807) is 11.8 Å². The Morgan fingerprint density at radius 1 is 1.28 bits per heavy atom. The van der Waals surface area contributed by atoms with Crippen LogP contribution >= 0.6 is 22.6 Å². The zero-order valence-corrected chi connectivity index (χ0v) is 14.7. The first-order valence-corrected chi connectivity index (χ1v) is 8.10. The minimum atomic E-state index is -1.27. The summed E-state index contributed by atoms with van der Waals surface area (Å²) in [6.07, 6.45) is 3.00. The Kier molecular flexibility index (Phi) is 7.75. The predicted molar refractivity (Wildman–Crippen MR) is 85.1 cm³/mol. The highest BCUT2D eigenvalue weighted by Crippen LogP contribution is 2.27. The predicted octanol–water partition coefficient (Wildman–Crippen LogP) is 3.38. The molecule has 0 spiro atoms. The van der Waals surface area contributed by atoms with Gasteiger partial charge in [-0.1, -0.05) is 42.4 Å². The molecule has 0 heterocycles. The van der Waals surface area contributed by atoms with Crippen molar-refractivity contribution in [3.8, 4) is 0 Å². The average Bonchev–Trinajstić information content (AvgIpc) is 2.24. The van der Waals surface area contributed by atoms with E-state index in [0.717, 1.165) is 19.3 Å². The van der Waals surface area contributed by atoms with Crippen molar-refractivity contribution in [3.63, 3.8) is 0 Å². The van der Waals surface area contributed by atoms with E-state index in [0.29, 0.717) is 0 Å². The first-order chi connectivity index (χ1) is 8.16. The van der Waals surface area contributed by atoms with Gasteiger partial charge >= 0.3 is 0 Å². The summed E-state index contributed by atoms with van der Waals surface area (Å²) in [5.41, 5.74) is -1.27. The lowest BCUT2D eigenvalue weighted by Crippen LogP contribution is -2.56. The summed E-state index contributed by atoms with van der Waals surface area (Å²) < 4.78 is -0.0393. The molecular formula is C14H28INO2. The van der Waals surface area contributed by atoms with Crippen LogP contribution in [-0.4, -0.2) is 37.5 Å². The van der Waals surface area contributed by atoms with Crippen LogP contribution in [0.5, 0.6) is 0 Å². The summed E-state index contributed by atoms with van der Waals surface area (Å²) in [5.74, 6) is -0.150. The quantitative estimate of drug-likeness (QED) is 0.552. The molecule has 0 rings (SSSR count). The molecule has 0 aliphatic carbocycles. The number of hydrogen-bond donors (Lipinski definition) is 1. The fraction of sp³-hybridized carbons (Fsp3) is 0.929. The summed E-state index contributed by atoms with van der Waals surface area (Å²) in [6.45, 7) is 11.7. The molecule has 0 bridgehead atoms. The number of nitrogens with zero attached hydrogens (tertiary/aromatic N) is 1. The minimum Gasteiger partial charge on any atom is -0.379 e. The smallest absolute Gasteiger partial charge is 0.255 e. The zero-order chi connectivity index (χ0) is 14.5. The molecule has 2 atom stereocenters. The molecule has 18 heavy (non-hydrogen) atoms. The maximum Gasteiger partial charge on any atom is 0.255 e. The van der Waals surface area contributed by atoms with Gasteiger partial charge in [0, 0.05) is 16.0 Å². The van der Waals surface area contributed by atoms with Gasteiger partial charge in [0.25, 0.3) is 5.91 Å². The maximum absolute atomic E-state index is 12.5. The second-order valence-electron chi connectivity index (χ2n) is 5.66. The van der Waals surface area contributed by atoms with Crippen LogP contribution in [-0.2, 0) is 4.79 Å². The highest BCUT2D eigenvalue weighted by Gasteiger charge is 2.41. The van der Waals surface area contributed by atoms with Gasteiger partial charge in [0.05, 0.1) is 0 Å². The van der Waals surface area contributed by atoms with Crippen molar-refractivity contribution >= 4 is 28.5 Å². The van der Waals surface area contributed by atoms with E-state index in [-0.39, 0.29) is 21.9 Å². The molecule has 3 nitrogen and oxygen atoms in total. The summed E-state index contributed by atoms with van der Waals surface area (Å²) in [7, 11) is 0.